The summed E-state index contributed by atoms with van der Waals surface area (Å²) in [6.45, 7) is 33.1. The Hall–Kier alpha value is -0.400. The van der Waals surface area contributed by atoms with Crippen molar-refractivity contribution >= 4 is 0 Å². The molecule has 53 heavy (non-hydrogen) atoms. The molecular formula is C43H82O10. The highest BCUT2D eigenvalue weighted by molar-refractivity contribution is 4.88. The molecule has 0 amide bonds. The summed E-state index contributed by atoms with van der Waals surface area (Å²) in [6.07, 6.45) is 9.93. The fourth-order valence-electron chi connectivity index (χ4n) is 6.77. The Labute approximate surface area is 324 Å². The molecule has 0 radical (unpaired) electrons. The Morgan fingerprint density at radius 2 is 0.698 bits per heavy atom. The molecule has 0 unspecified atom stereocenters. The number of rotatable bonds is 31. The Kier molecular flexibility index (Phi) is 21.0. The average Bonchev–Trinajstić information content (AvgIpc) is 3.10. The maximum absolute atomic E-state index is 6.23. The molecule has 0 aromatic rings. The Bertz CT molecular complexity index is 865. The van der Waals surface area contributed by atoms with E-state index in [4.69, 9.17) is 47.4 Å². The number of unbranched alkanes of at least 4 members (excludes halogenated alkanes) is 2. The van der Waals surface area contributed by atoms with Gasteiger partial charge in [-0.05, 0) is 44.9 Å². The molecule has 10 heteroatoms. The smallest absolute Gasteiger partial charge is 0.0566 e. The molecule has 314 valence electrons. The SMILES string of the molecule is CCCCOCC(C)(COCC1(CC)COC1)COCC1(CC)COC1.CCCCOCC(CC)(COCC1(CC)COC1)COCC1(CC)COC1. The molecule has 10 nitrogen and oxygen atoms in total. The first-order chi connectivity index (χ1) is 25.6. The van der Waals surface area contributed by atoms with E-state index in [1.807, 2.05) is 0 Å². The molecule has 0 bridgehead atoms. The lowest BCUT2D eigenvalue weighted by Gasteiger charge is -2.43. The van der Waals surface area contributed by atoms with Crippen LogP contribution in [0.4, 0.5) is 0 Å². The van der Waals surface area contributed by atoms with Crippen molar-refractivity contribution in [1.29, 1.82) is 0 Å². The van der Waals surface area contributed by atoms with Crippen LogP contribution in [0.5, 0.6) is 0 Å². The van der Waals surface area contributed by atoms with Gasteiger partial charge in [-0.15, -0.1) is 0 Å². The lowest BCUT2D eigenvalue weighted by Crippen LogP contribution is -2.48. The van der Waals surface area contributed by atoms with Gasteiger partial charge in [0.25, 0.3) is 0 Å². The first kappa shape index (κ1) is 47.0. The van der Waals surface area contributed by atoms with Gasteiger partial charge in [-0.2, -0.15) is 0 Å². The molecule has 4 rings (SSSR count). The summed E-state index contributed by atoms with van der Waals surface area (Å²) in [5, 5.41) is 0. The third-order valence-electron chi connectivity index (χ3n) is 12.5. The molecule has 4 saturated heterocycles. The molecule has 0 atom stereocenters. The summed E-state index contributed by atoms with van der Waals surface area (Å²) in [7, 11) is 0. The van der Waals surface area contributed by atoms with Gasteiger partial charge in [0.2, 0.25) is 0 Å². The molecule has 0 N–H and O–H groups in total. The Morgan fingerprint density at radius 3 is 0.962 bits per heavy atom. The van der Waals surface area contributed by atoms with Crippen molar-refractivity contribution < 1.29 is 47.4 Å². The van der Waals surface area contributed by atoms with E-state index in [0.717, 1.165) is 150 Å². The van der Waals surface area contributed by atoms with Gasteiger partial charge >= 0.3 is 0 Å². The summed E-state index contributed by atoms with van der Waals surface area (Å²) >= 11 is 0. The van der Waals surface area contributed by atoms with E-state index in [9.17, 15) is 0 Å². The summed E-state index contributed by atoms with van der Waals surface area (Å²) in [6, 6.07) is 0. The van der Waals surface area contributed by atoms with Crippen LogP contribution in [-0.2, 0) is 47.4 Å². The molecular weight excluding hydrogens is 676 g/mol. The number of ether oxygens (including phenoxy) is 10. The fourth-order valence-corrected chi connectivity index (χ4v) is 6.77. The minimum atomic E-state index is -0.118. The van der Waals surface area contributed by atoms with Crippen molar-refractivity contribution in [3.63, 3.8) is 0 Å². The predicted octanol–water partition coefficient (Wildman–Crippen LogP) is 7.78. The van der Waals surface area contributed by atoms with E-state index in [1.165, 1.54) is 0 Å². The Morgan fingerprint density at radius 1 is 0.415 bits per heavy atom. The van der Waals surface area contributed by atoms with Gasteiger partial charge in [-0.3, -0.25) is 0 Å². The van der Waals surface area contributed by atoms with Crippen LogP contribution in [0.3, 0.4) is 0 Å². The lowest BCUT2D eigenvalue weighted by atomic mass is 9.83. The van der Waals surface area contributed by atoms with Gasteiger partial charge in [0.05, 0.1) is 119 Å². The van der Waals surface area contributed by atoms with Crippen LogP contribution in [0.25, 0.3) is 0 Å². The number of hydrogen-bond acceptors (Lipinski definition) is 10. The third-order valence-corrected chi connectivity index (χ3v) is 12.5. The van der Waals surface area contributed by atoms with E-state index >= 15 is 0 Å². The predicted molar refractivity (Wildman–Crippen MR) is 210 cm³/mol. The van der Waals surface area contributed by atoms with E-state index in [1.54, 1.807) is 0 Å². The third kappa shape index (κ3) is 14.8. The van der Waals surface area contributed by atoms with E-state index in [-0.39, 0.29) is 32.5 Å². The first-order valence-electron chi connectivity index (χ1n) is 21.4. The maximum Gasteiger partial charge on any atom is 0.0566 e. The zero-order chi connectivity index (χ0) is 38.6. The number of hydrogen-bond donors (Lipinski definition) is 0. The standard InChI is InChI=1S/C22H42O5.C21H40O5/c1-5-9-10-23-11-20(6-2,12-24-14-21(7-3)16-26-17-21)13-25-15-22(8-4)18-27-19-22;1-5-8-9-22-10-19(4,11-23-13-20(6-2)15-25-16-20)12-24-14-21(7-3)17-26-18-21/h5-19H2,1-4H3;5-18H2,1-4H3. The van der Waals surface area contributed by atoms with Gasteiger partial charge in [-0.25, -0.2) is 0 Å². The highest BCUT2D eigenvalue weighted by Crippen LogP contribution is 2.36. The van der Waals surface area contributed by atoms with Crippen LogP contribution in [0.1, 0.15) is 113 Å². The lowest BCUT2D eigenvalue weighted by molar-refractivity contribution is -0.177. The quantitative estimate of drug-likeness (QED) is 0.0653. The van der Waals surface area contributed by atoms with E-state index < -0.39 is 0 Å². The minimum absolute atomic E-state index is 0.0766. The highest BCUT2D eigenvalue weighted by Gasteiger charge is 2.42. The molecule has 0 spiro atoms. The van der Waals surface area contributed by atoms with Gasteiger partial charge in [-0.1, -0.05) is 68.2 Å². The topological polar surface area (TPSA) is 92.3 Å². The monoisotopic (exact) mass is 759 g/mol. The molecule has 0 aliphatic carbocycles. The van der Waals surface area contributed by atoms with Crippen molar-refractivity contribution in [2.45, 2.75) is 113 Å². The summed E-state index contributed by atoms with van der Waals surface area (Å²) < 4.78 is 58.3. The largest absolute Gasteiger partial charge is 0.381 e. The Balaban J connectivity index is 0.000000286. The minimum Gasteiger partial charge on any atom is -0.381 e. The summed E-state index contributed by atoms with van der Waals surface area (Å²) in [4.78, 5) is 0. The van der Waals surface area contributed by atoms with Gasteiger partial charge < -0.3 is 47.4 Å². The molecule has 0 saturated carbocycles. The van der Waals surface area contributed by atoms with Crippen LogP contribution in [0.2, 0.25) is 0 Å². The molecule has 4 aliphatic heterocycles. The first-order valence-corrected chi connectivity index (χ1v) is 21.4. The zero-order valence-electron chi connectivity index (χ0n) is 35.6. The van der Waals surface area contributed by atoms with Crippen LogP contribution in [0.15, 0.2) is 0 Å². The van der Waals surface area contributed by atoms with Gasteiger partial charge in [0, 0.05) is 45.7 Å². The molecule has 0 aromatic carbocycles. The molecule has 0 aromatic heterocycles. The van der Waals surface area contributed by atoms with Crippen LogP contribution in [-0.4, -0.2) is 132 Å². The molecule has 4 heterocycles. The molecule has 4 aliphatic rings. The second-order valence-electron chi connectivity index (χ2n) is 17.8. The van der Waals surface area contributed by atoms with Gasteiger partial charge in [0.15, 0.2) is 0 Å². The van der Waals surface area contributed by atoms with E-state index in [0.29, 0.717) is 39.6 Å². The average molecular weight is 759 g/mol. The van der Waals surface area contributed by atoms with Crippen molar-refractivity contribution in [2.75, 3.05) is 132 Å². The van der Waals surface area contributed by atoms with Crippen molar-refractivity contribution in [1.82, 2.24) is 0 Å². The summed E-state index contributed by atoms with van der Waals surface area (Å²) in [5.41, 5.74) is 0.693. The van der Waals surface area contributed by atoms with Crippen LogP contribution in [0, 0.1) is 32.5 Å². The highest BCUT2D eigenvalue weighted by atomic mass is 16.5. The van der Waals surface area contributed by atoms with Crippen molar-refractivity contribution in [3.8, 4) is 0 Å². The van der Waals surface area contributed by atoms with E-state index in [2.05, 4.69) is 55.4 Å². The second kappa shape index (κ2) is 23.7. The zero-order valence-corrected chi connectivity index (χ0v) is 35.6. The summed E-state index contributed by atoms with van der Waals surface area (Å²) in [5.74, 6) is 0. The van der Waals surface area contributed by atoms with Gasteiger partial charge in [0.1, 0.15) is 0 Å². The van der Waals surface area contributed by atoms with Crippen LogP contribution >= 0.6 is 0 Å². The maximum atomic E-state index is 6.23. The van der Waals surface area contributed by atoms with Crippen LogP contribution < -0.4 is 0 Å². The molecule has 4 fully saturated rings. The van der Waals surface area contributed by atoms with Crippen molar-refractivity contribution in [3.05, 3.63) is 0 Å². The normalized spacial score (nSPS) is 21.1. The second-order valence-corrected chi connectivity index (χ2v) is 17.8. The van der Waals surface area contributed by atoms with Crippen molar-refractivity contribution in [2.24, 2.45) is 32.5 Å². The fraction of sp³-hybridized carbons (Fsp3) is 1.00.